The van der Waals surface area contributed by atoms with Crippen LogP contribution < -0.4 is 15.4 Å². The predicted octanol–water partition coefficient (Wildman–Crippen LogP) is 2.56. The van der Waals surface area contributed by atoms with Gasteiger partial charge in [0.1, 0.15) is 6.04 Å². The highest BCUT2D eigenvalue weighted by Crippen LogP contribution is 2.29. The second-order valence-corrected chi connectivity index (χ2v) is 7.00. The minimum absolute atomic E-state index is 0.0716. The van der Waals surface area contributed by atoms with Crippen LogP contribution in [0.3, 0.4) is 0 Å². The van der Waals surface area contributed by atoms with E-state index in [4.69, 9.17) is 9.47 Å². The zero-order valence-corrected chi connectivity index (χ0v) is 18.1. The van der Waals surface area contributed by atoms with Crippen LogP contribution >= 0.6 is 0 Å². The number of phenolic OH excluding ortho intramolecular Hbond substituents is 1. The molecule has 9 nitrogen and oxygen atoms in total. The smallest absolute Gasteiger partial charge is 0.328 e. The number of aromatic nitrogens is 1. The first-order valence-electron chi connectivity index (χ1n) is 9.98. The van der Waals surface area contributed by atoms with Crippen LogP contribution in [-0.2, 0) is 16.0 Å². The van der Waals surface area contributed by atoms with Crippen LogP contribution in [0.1, 0.15) is 26.3 Å². The Bertz CT molecular complexity index is 1130. The standard InChI is InChI=1S/C24H23N3O6/c1-32-20-7-3-6-18(21(20)28)23(30)26-17-10-8-15(9-11-17)13-19(24(31)33-2)27-22(29)16-5-4-12-25-14-16/h3-12,14,19,28H,13H2,1-2H3,(H,26,30)(H,27,29)/t19-/m0/s1. The molecule has 3 aromatic rings. The molecule has 0 saturated heterocycles. The second kappa shape index (κ2) is 10.8. The third-order valence-corrected chi connectivity index (χ3v) is 4.83. The largest absolute Gasteiger partial charge is 0.504 e. The Morgan fingerprint density at radius 3 is 2.39 bits per heavy atom. The Morgan fingerprint density at radius 2 is 1.76 bits per heavy atom. The number of rotatable bonds is 8. The number of ether oxygens (including phenoxy) is 2. The van der Waals surface area contributed by atoms with E-state index in [-0.39, 0.29) is 23.5 Å². The highest BCUT2D eigenvalue weighted by Gasteiger charge is 2.23. The number of pyridine rings is 1. The lowest BCUT2D eigenvalue weighted by molar-refractivity contribution is -0.142. The summed E-state index contributed by atoms with van der Waals surface area (Å²) in [7, 11) is 2.65. The van der Waals surface area contributed by atoms with Crippen LogP contribution in [0.15, 0.2) is 67.0 Å². The fourth-order valence-corrected chi connectivity index (χ4v) is 3.10. The zero-order chi connectivity index (χ0) is 23.8. The van der Waals surface area contributed by atoms with Crippen LogP contribution in [0.2, 0.25) is 0 Å². The van der Waals surface area contributed by atoms with Gasteiger partial charge in [-0.05, 0) is 42.0 Å². The van der Waals surface area contributed by atoms with Gasteiger partial charge in [0.15, 0.2) is 11.5 Å². The average Bonchev–Trinajstić information content (AvgIpc) is 2.84. The third kappa shape index (κ3) is 5.85. The number of benzene rings is 2. The number of esters is 1. The number of nitrogens with zero attached hydrogens (tertiary/aromatic N) is 1. The molecule has 3 rings (SSSR count). The molecule has 0 aliphatic carbocycles. The molecule has 0 radical (unpaired) electrons. The number of phenols is 1. The summed E-state index contributed by atoms with van der Waals surface area (Å²) >= 11 is 0. The van der Waals surface area contributed by atoms with E-state index in [1.165, 1.54) is 26.5 Å². The van der Waals surface area contributed by atoms with Crippen molar-refractivity contribution in [2.75, 3.05) is 19.5 Å². The van der Waals surface area contributed by atoms with E-state index in [0.29, 0.717) is 11.3 Å². The quantitative estimate of drug-likeness (QED) is 0.451. The minimum Gasteiger partial charge on any atom is -0.504 e. The molecule has 0 aliphatic heterocycles. The topological polar surface area (TPSA) is 127 Å². The van der Waals surface area contributed by atoms with Crippen LogP contribution in [0, 0.1) is 0 Å². The molecule has 0 aliphatic rings. The van der Waals surface area contributed by atoms with Crippen molar-refractivity contribution in [3.05, 3.63) is 83.7 Å². The number of para-hydroxylation sites is 1. The van der Waals surface area contributed by atoms with E-state index in [2.05, 4.69) is 15.6 Å². The minimum atomic E-state index is -0.906. The highest BCUT2D eigenvalue weighted by atomic mass is 16.5. The van der Waals surface area contributed by atoms with Crippen LogP contribution in [-0.4, -0.2) is 48.1 Å². The Kier molecular flexibility index (Phi) is 7.59. The molecule has 0 bridgehead atoms. The molecule has 0 spiro atoms. The average molecular weight is 449 g/mol. The fraction of sp³-hybridized carbons (Fsp3) is 0.167. The Hall–Kier alpha value is -4.40. The van der Waals surface area contributed by atoms with E-state index in [9.17, 15) is 19.5 Å². The highest BCUT2D eigenvalue weighted by molar-refractivity contribution is 6.06. The monoisotopic (exact) mass is 449 g/mol. The number of carbonyl (C=O) groups excluding carboxylic acids is 3. The molecule has 0 saturated carbocycles. The van der Waals surface area contributed by atoms with Crippen LogP contribution in [0.4, 0.5) is 5.69 Å². The normalized spacial score (nSPS) is 11.2. The molecule has 1 atom stereocenters. The van der Waals surface area contributed by atoms with E-state index in [1.54, 1.807) is 54.7 Å². The van der Waals surface area contributed by atoms with Gasteiger partial charge in [-0.1, -0.05) is 18.2 Å². The molecular formula is C24H23N3O6. The van der Waals surface area contributed by atoms with Gasteiger partial charge < -0.3 is 25.2 Å². The summed E-state index contributed by atoms with van der Waals surface area (Å²) in [5.74, 6) is -1.59. The molecule has 1 heterocycles. The van der Waals surface area contributed by atoms with Gasteiger partial charge in [0.25, 0.3) is 11.8 Å². The summed E-state index contributed by atoms with van der Waals surface area (Å²) in [4.78, 5) is 41.0. The lowest BCUT2D eigenvalue weighted by atomic mass is 10.0. The van der Waals surface area contributed by atoms with Crippen molar-refractivity contribution in [2.24, 2.45) is 0 Å². The maximum absolute atomic E-state index is 12.5. The zero-order valence-electron chi connectivity index (χ0n) is 18.1. The second-order valence-electron chi connectivity index (χ2n) is 7.00. The summed E-state index contributed by atoms with van der Waals surface area (Å²) < 4.78 is 9.84. The molecule has 0 unspecified atom stereocenters. The van der Waals surface area contributed by atoms with E-state index in [1.807, 2.05) is 0 Å². The predicted molar refractivity (Wildman–Crippen MR) is 120 cm³/mol. The molecule has 33 heavy (non-hydrogen) atoms. The molecule has 0 fully saturated rings. The van der Waals surface area contributed by atoms with Gasteiger partial charge in [-0.25, -0.2) is 4.79 Å². The number of nitrogens with one attached hydrogen (secondary N) is 2. The van der Waals surface area contributed by atoms with Gasteiger partial charge in [-0.3, -0.25) is 14.6 Å². The van der Waals surface area contributed by atoms with Gasteiger partial charge in [-0.2, -0.15) is 0 Å². The maximum Gasteiger partial charge on any atom is 0.328 e. The van der Waals surface area contributed by atoms with E-state index >= 15 is 0 Å². The van der Waals surface area contributed by atoms with Gasteiger partial charge in [0.05, 0.1) is 25.3 Å². The molecule has 3 N–H and O–H groups in total. The van der Waals surface area contributed by atoms with Crippen molar-refractivity contribution in [1.29, 1.82) is 0 Å². The van der Waals surface area contributed by atoms with Crippen molar-refractivity contribution in [3.63, 3.8) is 0 Å². The number of aromatic hydroxyl groups is 1. The Labute approximate surface area is 190 Å². The van der Waals surface area contributed by atoms with Crippen LogP contribution in [0.5, 0.6) is 11.5 Å². The van der Waals surface area contributed by atoms with Crippen molar-refractivity contribution in [1.82, 2.24) is 10.3 Å². The first kappa shape index (κ1) is 23.3. The van der Waals surface area contributed by atoms with Crippen molar-refractivity contribution in [3.8, 4) is 11.5 Å². The lowest BCUT2D eigenvalue weighted by Crippen LogP contribution is -2.43. The van der Waals surface area contributed by atoms with E-state index < -0.39 is 23.8 Å². The van der Waals surface area contributed by atoms with Crippen LogP contribution in [0.25, 0.3) is 0 Å². The molecular weight excluding hydrogens is 426 g/mol. The molecule has 2 aromatic carbocycles. The summed E-state index contributed by atoms with van der Waals surface area (Å²) in [5, 5.41) is 15.5. The van der Waals surface area contributed by atoms with E-state index in [0.717, 1.165) is 5.56 Å². The van der Waals surface area contributed by atoms with Crippen molar-refractivity contribution < 1.29 is 29.0 Å². The number of amides is 2. The SMILES string of the molecule is COC(=O)[C@H](Cc1ccc(NC(=O)c2cccc(OC)c2O)cc1)NC(=O)c1cccnc1. The number of carbonyl (C=O) groups is 3. The van der Waals surface area contributed by atoms with Gasteiger partial charge in [0.2, 0.25) is 0 Å². The Morgan fingerprint density at radius 1 is 1.00 bits per heavy atom. The third-order valence-electron chi connectivity index (χ3n) is 4.83. The number of anilines is 1. The summed E-state index contributed by atoms with van der Waals surface area (Å²) in [6.07, 6.45) is 3.13. The van der Waals surface area contributed by atoms with Gasteiger partial charge >= 0.3 is 5.97 Å². The Balaban J connectivity index is 1.68. The number of hydrogen-bond donors (Lipinski definition) is 3. The summed E-state index contributed by atoms with van der Waals surface area (Å²) in [6, 6.07) is 13.7. The fourth-order valence-electron chi connectivity index (χ4n) is 3.10. The van der Waals surface area contributed by atoms with Gasteiger partial charge in [0, 0.05) is 24.5 Å². The van der Waals surface area contributed by atoms with Crippen molar-refractivity contribution >= 4 is 23.5 Å². The number of methoxy groups -OCH3 is 2. The lowest BCUT2D eigenvalue weighted by Gasteiger charge is -2.17. The molecule has 2 amide bonds. The first-order valence-corrected chi connectivity index (χ1v) is 9.98. The molecule has 9 heteroatoms. The van der Waals surface area contributed by atoms with Gasteiger partial charge in [-0.15, -0.1) is 0 Å². The first-order chi connectivity index (χ1) is 15.9. The molecule has 1 aromatic heterocycles. The van der Waals surface area contributed by atoms with Crippen molar-refractivity contribution in [2.45, 2.75) is 12.5 Å². The summed E-state index contributed by atoms with van der Waals surface area (Å²) in [5.41, 5.74) is 1.62. The maximum atomic E-state index is 12.5. The number of hydrogen-bond acceptors (Lipinski definition) is 7. The summed E-state index contributed by atoms with van der Waals surface area (Å²) in [6.45, 7) is 0. The molecule has 170 valence electrons.